The lowest BCUT2D eigenvalue weighted by Crippen LogP contribution is -2.68. The maximum atomic E-state index is 11.2. The lowest BCUT2D eigenvalue weighted by Gasteiger charge is -2.47. The molecule has 4 unspecified atom stereocenters. The zero-order valence-corrected chi connectivity index (χ0v) is 29.3. The topological polar surface area (TPSA) is 125 Å². The Bertz CT molecular complexity index is 1200. The Labute approximate surface area is 276 Å². The number of methoxy groups -OCH3 is 1. The molecule has 0 spiro atoms. The molecule has 0 radical (unpaired) electrons. The summed E-state index contributed by atoms with van der Waals surface area (Å²) >= 11 is 0. The van der Waals surface area contributed by atoms with Crippen molar-refractivity contribution >= 4 is 11.4 Å². The first-order valence-corrected chi connectivity index (χ1v) is 17.4. The Balaban J connectivity index is 1.01. The number of hydrogen-bond donors (Lipinski definition) is 5. The Kier molecular flexibility index (Phi) is 9.97. The number of nitrogens with one attached hydrogen (secondary N) is 2. The second-order valence-electron chi connectivity index (χ2n) is 15.7. The summed E-state index contributed by atoms with van der Waals surface area (Å²) in [5.74, 6) is 0.686. The van der Waals surface area contributed by atoms with Gasteiger partial charge in [-0.15, -0.1) is 0 Å². The zero-order valence-electron chi connectivity index (χ0n) is 29.3. The number of benzene rings is 1. The average Bonchev–Trinajstić information content (AvgIpc) is 3.64. The number of aliphatic hydroxyl groups is 2. The second-order valence-corrected chi connectivity index (χ2v) is 15.7. The van der Waals surface area contributed by atoms with E-state index in [0.717, 1.165) is 25.9 Å². The van der Waals surface area contributed by atoms with Crippen molar-refractivity contribution in [1.82, 2.24) is 24.9 Å². The maximum absolute atomic E-state index is 11.2. The first-order chi connectivity index (χ1) is 21.8. The van der Waals surface area contributed by atoms with E-state index in [1.807, 2.05) is 7.05 Å². The predicted octanol–water partition coefficient (Wildman–Crippen LogP) is 1.19. The van der Waals surface area contributed by atoms with Crippen LogP contribution in [0.15, 0.2) is 18.2 Å². The van der Waals surface area contributed by atoms with E-state index in [1.54, 1.807) is 7.11 Å². The summed E-state index contributed by atoms with van der Waals surface area (Å²) in [5.41, 5.74) is 10.2. The van der Waals surface area contributed by atoms with Crippen LogP contribution in [0.2, 0.25) is 0 Å². The van der Waals surface area contributed by atoms with E-state index in [-0.39, 0.29) is 23.8 Å². The number of aliphatic hydroxyl groups excluding tert-OH is 2. The number of anilines is 2. The highest BCUT2D eigenvalue weighted by Crippen LogP contribution is 2.42. The molecule has 1 aromatic rings. The third-order valence-electron chi connectivity index (χ3n) is 11.6. The fraction of sp³-hybridized carbons (Fsp3) is 0.824. The summed E-state index contributed by atoms with van der Waals surface area (Å²) in [4.78, 5) is 11.4. The van der Waals surface area contributed by atoms with Gasteiger partial charge in [-0.1, -0.05) is 19.9 Å². The van der Waals surface area contributed by atoms with Gasteiger partial charge in [0.15, 0.2) is 0 Å². The van der Waals surface area contributed by atoms with Gasteiger partial charge in [-0.05, 0) is 77.2 Å². The van der Waals surface area contributed by atoms with Gasteiger partial charge < -0.3 is 35.6 Å². The molecule has 5 aliphatic rings. The molecular weight excluding hydrogens is 584 g/mol. The number of hydrogen-bond acceptors (Lipinski definition) is 12. The molecule has 1 aromatic carbocycles. The van der Waals surface area contributed by atoms with Crippen LogP contribution in [0.3, 0.4) is 0 Å². The van der Waals surface area contributed by atoms with E-state index >= 15 is 0 Å². The number of ether oxygens (including phenoxy) is 2. The van der Waals surface area contributed by atoms with Crippen molar-refractivity contribution in [2.24, 2.45) is 11.7 Å². The maximum Gasteiger partial charge on any atom is 0.142 e. The van der Waals surface area contributed by atoms with E-state index in [2.05, 4.69) is 95.1 Å². The lowest BCUT2D eigenvalue weighted by molar-refractivity contribution is -0.140. The summed E-state index contributed by atoms with van der Waals surface area (Å²) in [6.45, 7) is 11.5. The van der Waals surface area contributed by atoms with Crippen molar-refractivity contribution in [3.05, 3.63) is 23.8 Å². The highest BCUT2D eigenvalue weighted by molar-refractivity contribution is 5.76. The zero-order chi connectivity index (χ0) is 33.1. The Morgan fingerprint density at radius 2 is 1.85 bits per heavy atom. The first kappa shape index (κ1) is 34.3. The van der Waals surface area contributed by atoms with E-state index in [4.69, 9.17) is 15.2 Å². The predicted molar refractivity (Wildman–Crippen MR) is 181 cm³/mol. The van der Waals surface area contributed by atoms with Crippen molar-refractivity contribution in [2.75, 3.05) is 65.0 Å². The van der Waals surface area contributed by atoms with Crippen molar-refractivity contribution in [3.8, 4) is 0 Å². The molecule has 0 bridgehead atoms. The molecule has 46 heavy (non-hydrogen) atoms. The van der Waals surface area contributed by atoms with Crippen molar-refractivity contribution < 1.29 is 19.7 Å². The normalized spacial score (nSPS) is 37.2. The first-order valence-electron chi connectivity index (χ1n) is 17.4. The van der Waals surface area contributed by atoms with Crippen LogP contribution in [-0.4, -0.2) is 146 Å². The van der Waals surface area contributed by atoms with Gasteiger partial charge in [-0.3, -0.25) is 20.0 Å². The highest BCUT2D eigenvalue weighted by Gasteiger charge is 2.54. The minimum atomic E-state index is -0.972. The molecule has 0 aromatic heterocycles. The molecule has 6 N–H and O–H groups in total. The summed E-state index contributed by atoms with van der Waals surface area (Å²) in [5, 5.41) is 29.6. The van der Waals surface area contributed by atoms with Crippen LogP contribution >= 0.6 is 0 Å². The van der Waals surface area contributed by atoms with Crippen molar-refractivity contribution in [2.45, 2.75) is 120 Å². The number of likely N-dealkylation sites (N-methyl/N-ethyl adjacent to an activating group) is 2. The number of nitrogens with two attached hydrogens (primary N) is 1. The van der Waals surface area contributed by atoms with Gasteiger partial charge >= 0.3 is 0 Å². The van der Waals surface area contributed by atoms with Gasteiger partial charge in [-0.25, -0.2) is 4.90 Å². The highest BCUT2D eigenvalue weighted by atomic mass is 16.6. The molecule has 4 fully saturated rings. The van der Waals surface area contributed by atoms with Crippen LogP contribution in [-0.2, 0) is 14.9 Å². The summed E-state index contributed by atoms with van der Waals surface area (Å²) in [6, 6.07) is 7.59. The third-order valence-corrected chi connectivity index (χ3v) is 11.6. The van der Waals surface area contributed by atoms with Gasteiger partial charge in [-0.2, -0.15) is 0 Å². The van der Waals surface area contributed by atoms with Gasteiger partial charge in [0.2, 0.25) is 0 Å². The van der Waals surface area contributed by atoms with Crippen LogP contribution in [0.1, 0.15) is 58.9 Å². The largest absolute Gasteiger partial charge is 0.387 e. The van der Waals surface area contributed by atoms with Gasteiger partial charge in [0.25, 0.3) is 0 Å². The monoisotopic (exact) mass is 644 g/mol. The molecule has 6 rings (SSSR count). The standard InChI is InChI=1S/C34H60N8O4/c1-20(2)41(16-26-29(43)30(44)33(46-26)42-18-36-28-31(35)38(5)19-39(6)32(28)42)23-13-21(14-23)9-12-27-37-24-11-10-22(15-25(24)40(27)7)34(3,4)17-45-8/h10-11,15,20-21,23,26-33,36-37,43-44H,9,12-14,16-19,35H2,1-8H3/t21?,23?,26-,27?,28?,29-,30-,31?,32?,33-/m1/s1. The van der Waals surface area contributed by atoms with Crippen LogP contribution in [0.5, 0.6) is 0 Å². The van der Waals surface area contributed by atoms with E-state index < -0.39 is 24.5 Å². The molecule has 4 aliphatic heterocycles. The van der Waals surface area contributed by atoms with Crippen LogP contribution in [0.25, 0.3) is 0 Å². The SMILES string of the molecule is COCC(C)(C)c1ccc2c(c1)N(C)C(CCC1CC(N(C[C@H]3O[C@@H](N4CNC5C(N)N(C)CN(C)C54)[C@H](O)[C@@H]3O)C(C)C)C1)N2. The van der Waals surface area contributed by atoms with E-state index in [0.29, 0.717) is 44.0 Å². The van der Waals surface area contributed by atoms with E-state index in [9.17, 15) is 10.2 Å². The smallest absolute Gasteiger partial charge is 0.142 e. The summed E-state index contributed by atoms with van der Waals surface area (Å²) in [6.07, 6.45) is 1.83. The van der Waals surface area contributed by atoms with Gasteiger partial charge in [0.05, 0.1) is 55.9 Å². The molecule has 4 heterocycles. The Hall–Kier alpha value is -1.58. The van der Waals surface area contributed by atoms with Crippen LogP contribution in [0.4, 0.5) is 11.4 Å². The summed E-state index contributed by atoms with van der Waals surface area (Å²) in [7, 11) is 8.07. The molecule has 1 aliphatic carbocycles. The molecule has 12 heteroatoms. The van der Waals surface area contributed by atoms with Crippen molar-refractivity contribution in [1.29, 1.82) is 0 Å². The fourth-order valence-electron chi connectivity index (χ4n) is 8.75. The lowest BCUT2D eigenvalue weighted by atomic mass is 9.76. The third kappa shape index (κ3) is 6.31. The van der Waals surface area contributed by atoms with E-state index in [1.165, 1.54) is 23.4 Å². The molecule has 1 saturated carbocycles. The van der Waals surface area contributed by atoms with Crippen LogP contribution < -0.4 is 21.3 Å². The number of rotatable bonds is 11. The fourth-order valence-corrected chi connectivity index (χ4v) is 8.75. The summed E-state index contributed by atoms with van der Waals surface area (Å²) < 4.78 is 12.0. The number of nitrogens with zero attached hydrogens (tertiary/aromatic N) is 5. The Morgan fingerprint density at radius 3 is 2.54 bits per heavy atom. The molecule has 12 nitrogen and oxygen atoms in total. The molecular formula is C34H60N8O4. The average molecular weight is 645 g/mol. The minimum absolute atomic E-state index is 0.00357. The number of fused-ring (bicyclic) bond motifs is 2. The van der Waals surface area contributed by atoms with Crippen molar-refractivity contribution in [3.63, 3.8) is 0 Å². The molecule has 0 amide bonds. The van der Waals surface area contributed by atoms with Gasteiger partial charge in [0.1, 0.15) is 24.5 Å². The molecule has 260 valence electrons. The quantitative estimate of drug-likeness (QED) is 0.238. The van der Waals surface area contributed by atoms with Crippen LogP contribution in [0, 0.1) is 5.92 Å². The molecule has 3 saturated heterocycles. The minimum Gasteiger partial charge on any atom is -0.387 e. The second kappa shape index (κ2) is 13.4. The molecule has 8 atom stereocenters. The Morgan fingerprint density at radius 1 is 1.11 bits per heavy atom. The van der Waals surface area contributed by atoms with Gasteiger partial charge in [0, 0.05) is 38.2 Å².